The van der Waals surface area contributed by atoms with E-state index in [4.69, 9.17) is 11.6 Å². The van der Waals surface area contributed by atoms with Gasteiger partial charge in [0.05, 0.1) is 5.88 Å². The normalized spacial score (nSPS) is 10.6. The summed E-state index contributed by atoms with van der Waals surface area (Å²) in [5.74, 6) is -0.750. The van der Waals surface area contributed by atoms with Gasteiger partial charge in [0.1, 0.15) is 0 Å². The van der Waals surface area contributed by atoms with E-state index in [0.29, 0.717) is 0 Å². The molecule has 4 nitrogen and oxygen atoms in total. The van der Waals surface area contributed by atoms with Crippen molar-refractivity contribution in [2.75, 3.05) is 0 Å². The van der Waals surface area contributed by atoms with Crippen LogP contribution in [0.4, 0.5) is 14.6 Å². The minimum Gasteiger partial charge on any atom is -0.358 e. The van der Waals surface area contributed by atoms with Crippen molar-refractivity contribution in [3.63, 3.8) is 0 Å². The number of pyridine rings is 1. The fraction of sp³-hybridized carbons (Fsp3) is 0.286. The Balaban J connectivity index is 3.20. The molecule has 0 spiro atoms. The number of alkyl halides is 3. The summed E-state index contributed by atoms with van der Waals surface area (Å²) in [4.78, 5) is 12.9. The molecule has 1 heterocycles. The Bertz CT molecular complexity index is 360. The number of hydrogen-bond donors (Lipinski definition) is 0. The summed E-state index contributed by atoms with van der Waals surface area (Å²) in [5, 5.41) is 10.3. The van der Waals surface area contributed by atoms with Gasteiger partial charge in [-0.15, -0.1) is 11.6 Å². The monoisotopic (exact) mass is 222 g/mol. The molecule has 0 unspecified atom stereocenters. The van der Waals surface area contributed by atoms with E-state index in [0.717, 1.165) is 12.1 Å². The first kappa shape index (κ1) is 10.8. The number of nitro groups is 1. The van der Waals surface area contributed by atoms with E-state index in [1.54, 1.807) is 0 Å². The third kappa shape index (κ3) is 2.35. The van der Waals surface area contributed by atoms with Crippen molar-refractivity contribution in [3.8, 4) is 0 Å². The number of halogens is 3. The predicted molar refractivity (Wildman–Crippen MR) is 45.4 cm³/mol. The van der Waals surface area contributed by atoms with Gasteiger partial charge < -0.3 is 10.1 Å². The van der Waals surface area contributed by atoms with E-state index in [1.807, 2.05) is 0 Å². The highest BCUT2D eigenvalue weighted by atomic mass is 35.5. The van der Waals surface area contributed by atoms with Gasteiger partial charge in [0, 0.05) is 11.6 Å². The van der Waals surface area contributed by atoms with Crippen molar-refractivity contribution in [3.05, 3.63) is 33.5 Å². The average molecular weight is 223 g/mol. The van der Waals surface area contributed by atoms with E-state index in [-0.39, 0.29) is 11.6 Å². The van der Waals surface area contributed by atoms with Gasteiger partial charge in [0.15, 0.2) is 5.69 Å². The van der Waals surface area contributed by atoms with Crippen LogP contribution < -0.4 is 0 Å². The van der Waals surface area contributed by atoms with E-state index in [9.17, 15) is 18.9 Å². The molecule has 1 rings (SSSR count). The van der Waals surface area contributed by atoms with Gasteiger partial charge in [-0.25, -0.2) is 8.78 Å². The van der Waals surface area contributed by atoms with Crippen LogP contribution in [0, 0.1) is 10.1 Å². The smallest absolute Gasteiger partial charge is 0.358 e. The summed E-state index contributed by atoms with van der Waals surface area (Å²) in [7, 11) is 0. The van der Waals surface area contributed by atoms with Crippen LogP contribution in [0.5, 0.6) is 0 Å². The molecule has 0 amide bonds. The topological polar surface area (TPSA) is 56.0 Å². The second-order valence-electron chi connectivity index (χ2n) is 2.44. The Morgan fingerprint density at radius 1 is 1.57 bits per heavy atom. The maximum absolute atomic E-state index is 12.2. The fourth-order valence-electron chi connectivity index (χ4n) is 0.883. The van der Waals surface area contributed by atoms with Crippen LogP contribution >= 0.6 is 11.6 Å². The second kappa shape index (κ2) is 4.28. The molecule has 0 aliphatic carbocycles. The third-order valence-electron chi connectivity index (χ3n) is 1.46. The standard InChI is InChI=1S/C7H5ClF2N2O2/c8-3-5-1-4(7(9)10)2-6(11-5)12(13)14/h1-2,7H,3H2. The van der Waals surface area contributed by atoms with Gasteiger partial charge >= 0.3 is 5.82 Å². The van der Waals surface area contributed by atoms with Crippen LogP contribution in [0.3, 0.4) is 0 Å². The van der Waals surface area contributed by atoms with Gasteiger partial charge in [-0.05, 0) is 16.0 Å². The molecule has 0 radical (unpaired) electrons. The Hall–Kier alpha value is -1.30. The SMILES string of the molecule is O=[N+]([O-])c1cc(C(F)F)cc(CCl)n1. The summed E-state index contributed by atoms with van der Waals surface area (Å²) >= 11 is 5.35. The number of rotatable bonds is 3. The molecule has 76 valence electrons. The molecule has 0 aliphatic heterocycles. The summed E-state index contributed by atoms with van der Waals surface area (Å²) in [6, 6.07) is 1.78. The maximum atomic E-state index is 12.2. The Labute approximate surface area is 82.7 Å². The molecular formula is C7H5ClF2N2O2. The lowest BCUT2D eigenvalue weighted by molar-refractivity contribution is -0.389. The zero-order valence-electron chi connectivity index (χ0n) is 6.78. The van der Waals surface area contributed by atoms with Crippen molar-refractivity contribution in [2.24, 2.45) is 0 Å². The van der Waals surface area contributed by atoms with Crippen molar-refractivity contribution >= 4 is 17.4 Å². The summed E-state index contributed by atoms with van der Waals surface area (Å²) < 4.78 is 24.5. The maximum Gasteiger partial charge on any atom is 0.364 e. The van der Waals surface area contributed by atoms with E-state index >= 15 is 0 Å². The molecule has 0 aliphatic rings. The van der Waals surface area contributed by atoms with Gasteiger partial charge in [-0.3, -0.25) is 0 Å². The molecule has 0 N–H and O–H groups in total. The lowest BCUT2D eigenvalue weighted by atomic mass is 10.2. The molecule has 1 aromatic rings. The third-order valence-corrected chi connectivity index (χ3v) is 1.74. The minimum absolute atomic E-state index is 0.0659. The van der Waals surface area contributed by atoms with Crippen molar-refractivity contribution < 1.29 is 13.7 Å². The second-order valence-corrected chi connectivity index (χ2v) is 2.71. The Morgan fingerprint density at radius 3 is 2.64 bits per heavy atom. The first-order chi connectivity index (χ1) is 6.54. The van der Waals surface area contributed by atoms with Gasteiger partial charge in [-0.1, -0.05) is 0 Å². The molecule has 1 aromatic heterocycles. The molecule has 7 heteroatoms. The molecule has 0 bridgehead atoms. The Kier molecular flexibility index (Phi) is 3.29. The first-order valence-corrected chi connectivity index (χ1v) is 4.07. The lowest BCUT2D eigenvalue weighted by Gasteiger charge is -1.99. The van der Waals surface area contributed by atoms with Gasteiger partial charge in [-0.2, -0.15) is 0 Å². The minimum atomic E-state index is -2.77. The van der Waals surface area contributed by atoms with Crippen LogP contribution in [0.25, 0.3) is 0 Å². The summed E-state index contributed by atoms with van der Waals surface area (Å²) in [5.41, 5.74) is -0.376. The van der Waals surface area contributed by atoms with Crippen molar-refractivity contribution in [1.29, 1.82) is 0 Å². The fourth-order valence-corrected chi connectivity index (χ4v) is 1.02. The summed E-state index contributed by atoms with van der Waals surface area (Å²) in [6.07, 6.45) is -2.77. The number of aromatic nitrogens is 1. The molecule has 0 aromatic carbocycles. The summed E-state index contributed by atoms with van der Waals surface area (Å²) in [6.45, 7) is 0. The van der Waals surface area contributed by atoms with Crippen LogP contribution in [0.15, 0.2) is 12.1 Å². The number of nitrogens with zero attached hydrogens (tertiary/aromatic N) is 2. The van der Waals surface area contributed by atoms with Crippen LogP contribution in [0.2, 0.25) is 0 Å². The van der Waals surface area contributed by atoms with Crippen molar-refractivity contribution in [1.82, 2.24) is 4.98 Å². The van der Waals surface area contributed by atoms with Crippen LogP contribution in [-0.2, 0) is 5.88 Å². The quantitative estimate of drug-likeness (QED) is 0.449. The average Bonchev–Trinajstić information content (AvgIpc) is 2.16. The van der Waals surface area contributed by atoms with Crippen molar-refractivity contribution in [2.45, 2.75) is 12.3 Å². The number of hydrogen-bond acceptors (Lipinski definition) is 3. The molecule has 0 fully saturated rings. The highest BCUT2D eigenvalue weighted by Crippen LogP contribution is 2.23. The van der Waals surface area contributed by atoms with E-state index < -0.39 is 22.7 Å². The van der Waals surface area contributed by atoms with E-state index in [2.05, 4.69) is 4.98 Å². The lowest BCUT2D eigenvalue weighted by Crippen LogP contribution is -1.98. The van der Waals surface area contributed by atoms with Gasteiger partial charge in [0.25, 0.3) is 6.43 Å². The highest BCUT2D eigenvalue weighted by Gasteiger charge is 2.17. The molecule has 0 saturated heterocycles. The highest BCUT2D eigenvalue weighted by molar-refractivity contribution is 6.16. The molecular weight excluding hydrogens is 218 g/mol. The largest absolute Gasteiger partial charge is 0.364 e. The Morgan fingerprint density at radius 2 is 2.21 bits per heavy atom. The van der Waals surface area contributed by atoms with Gasteiger partial charge in [0.2, 0.25) is 0 Å². The zero-order valence-corrected chi connectivity index (χ0v) is 7.54. The van der Waals surface area contributed by atoms with E-state index in [1.165, 1.54) is 0 Å². The van der Waals surface area contributed by atoms with Crippen LogP contribution in [-0.4, -0.2) is 9.91 Å². The molecule has 0 saturated carbocycles. The first-order valence-electron chi connectivity index (χ1n) is 3.54. The molecule has 0 atom stereocenters. The zero-order chi connectivity index (χ0) is 10.7. The van der Waals surface area contributed by atoms with Crippen LogP contribution in [0.1, 0.15) is 17.7 Å². The predicted octanol–water partition coefficient (Wildman–Crippen LogP) is 2.67. The molecule has 14 heavy (non-hydrogen) atoms.